The minimum absolute atomic E-state index is 0.0195. The second kappa shape index (κ2) is 14.2. The maximum Gasteiger partial charge on any atom is 0.408 e. The van der Waals surface area contributed by atoms with Crippen LogP contribution in [-0.4, -0.2) is 85.9 Å². The highest BCUT2D eigenvalue weighted by atomic mass is 32.2. The molecule has 5 atom stereocenters. The number of methoxy groups -OCH3 is 1. The molecule has 4 fully saturated rings. The van der Waals surface area contributed by atoms with Crippen molar-refractivity contribution in [3.8, 4) is 5.75 Å². The summed E-state index contributed by atoms with van der Waals surface area (Å²) in [6.07, 6.45) is 5.10. The summed E-state index contributed by atoms with van der Waals surface area (Å²) in [4.78, 5) is 57.0. The molecule has 0 bridgehead atoms. The third kappa shape index (κ3) is 7.96. The molecule has 1 saturated heterocycles. The maximum atomic E-state index is 14.6. The highest BCUT2D eigenvalue weighted by Crippen LogP contribution is 2.47. The van der Waals surface area contributed by atoms with Crippen molar-refractivity contribution in [2.75, 3.05) is 13.7 Å². The van der Waals surface area contributed by atoms with E-state index in [1.165, 1.54) is 18.1 Å². The molecule has 276 valence electrons. The van der Waals surface area contributed by atoms with Crippen LogP contribution in [0.5, 0.6) is 5.75 Å². The van der Waals surface area contributed by atoms with Crippen LogP contribution < -0.4 is 20.1 Å². The molecule has 1 aliphatic heterocycles. The smallest absolute Gasteiger partial charge is 0.408 e. The number of likely N-dealkylation sites (tertiary alicyclic amines) is 1. The third-order valence-electron chi connectivity index (χ3n) is 10.3. The largest absolute Gasteiger partial charge is 0.491 e. The predicted octanol–water partition coefficient (Wildman–Crippen LogP) is 3.67. The van der Waals surface area contributed by atoms with Gasteiger partial charge in [-0.3, -0.25) is 19.1 Å². The van der Waals surface area contributed by atoms with E-state index in [9.17, 15) is 27.6 Å². The summed E-state index contributed by atoms with van der Waals surface area (Å²) in [5, 5.41) is 4.97. The standard InChI is InChI=1S/C36H52N4O9S/c1-8-23-19-36(23,32(43)39-50(45,46)27-17-18-27)38-30(41)28-20-35(47-7,24-13-15-26(16-14-24)48-22(2)3)21-40(28)31(42)29(34(4,5)6)37-33(44)49-25-11-9-10-12-25/h8,13-16,22-23,25,27-29H,1,9-12,17-21H2,2-7H3,(H,37,44)(H,38,41)(H,39,43)/t23-,28+,29-,35+,36-/m1/s1. The average Bonchev–Trinajstić information content (AvgIpc) is 3.93. The molecule has 0 radical (unpaired) electrons. The molecule has 14 heteroatoms. The summed E-state index contributed by atoms with van der Waals surface area (Å²) >= 11 is 0. The van der Waals surface area contributed by atoms with Crippen molar-refractivity contribution >= 4 is 33.8 Å². The zero-order chi connectivity index (χ0) is 36.6. The van der Waals surface area contributed by atoms with Crippen LogP contribution in [-0.2, 0) is 39.5 Å². The molecule has 1 aromatic rings. The van der Waals surface area contributed by atoms with Gasteiger partial charge in [0.25, 0.3) is 5.91 Å². The van der Waals surface area contributed by atoms with Crippen LogP contribution in [0.25, 0.3) is 0 Å². The van der Waals surface area contributed by atoms with E-state index in [2.05, 4.69) is 21.9 Å². The molecule has 4 amide bonds. The van der Waals surface area contributed by atoms with Gasteiger partial charge in [-0.05, 0) is 81.9 Å². The lowest BCUT2D eigenvalue weighted by atomic mass is 9.85. The van der Waals surface area contributed by atoms with Gasteiger partial charge in [0.15, 0.2) is 0 Å². The van der Waals surface area contributed by atoms with Crippen molar-refractivity contribution in [1.82, 2.24) is 20.3 Å². The van der Waals surface area contributed by atoms with E-state index in [1.54, 1.807) is 12.1 Å². The number of nitrogens with one attached hydrogen (secondary N) is 3. The Balaban J connectivity index is 1.46. The summed E-state index contributed by atoms with van der Waals surface area (Å²) in [7, 11) is -2.38. The molecular formula is C36H52N4O9S. The molecule has 0 spiro atoms. The first-order valence-electron chi connectivity index (χ1n) is 17.6. The van der Waals surface area contributed by atoms with Gasteiger partial charge in [0.2, 0.25) is 21.8 Å². The number of hydrogen-bond acceptors (Lipinski definition) is 9. The molecule has 50 heavy (non-hydrogen) atoms. The molecule has 1 aromatic carbocycles. The molecule has 5 rings (SSSR count). The second-order valence-corrected chi connectivity index (χ2v) is 17.5. The Bertz CT molecular complexity index is 1580. The predicted molar refractivity (Wildman–Crippen MR) is 185 cm³/mol. The Kier molecular flexibility index (Phi) is 10.7. The van der Waals surface area contributed by atoms with Crippen LogP contribution >= 0.6 is 0 Å². The van der Waals surface area contributed by atoms with Gasteiger partial charge in [-0.1, -0.05) is 39.0 Å². The van der Waals surface area contributed by atoms with E-state index in [0.717, 1.165) is 25.7 Å². The van der Waals surface area contributed by atoms with E-state index in [4.69, 9.17) is 14.2 Å². The first-order chi connectivity index (χ1) is 23.4. The van der Waals surface area contributed by atoms with Crippen molar-refractivity contribution in [3.63, 3.8) is 0 Å². The van der Waals surface area contributed by atoms with Gasteiger partial charge in [0.05, 0.1) is 17.9 Å². The second-order valence-electron chi connectivity index (χ2n) is 15.5. The fourth-order valence-electron chi connectivity index (χ4n) is 7.07. The summed E-state index contributed by atoms with van der Waals surface area (Å²) in [6, 6.07) is 5.02. The van der Waals surface area contributed by atoms with Crippen LogP contribution in [0.1, 0.15) is 91.5 Å². The number of sulfonamides is 1. The lowest BCUT2D eigenvalue weighted by Crippen LogP contribution is -2.60. The Labute approximate surface area is 295 Å². The SMILES string of the molecule is C=C[C@@H]1C[C@]1(NC(=O)[C@@H]1C[C@@](OC)(c2ccc(OC(C)C)cc2)CN1C(=O)[C@@H](NC(=O)OC1CCCC1)C(C)(C)C)C(=O)NS(=O)(=O)C1CC1. The fraction of sp³-hybridized carbons (Fsp3) is 0.667. The number of carbonyl (C=O) groups excluding carboxylic acids is 4. The Morgan fingerprint density at radius 1 is 1.02 bits per heavy atom. The number of ether oxygens (including phenoxy) is 3. The zero-order valence-corrected chi connectivity index (χ0v) is 30.8. The molecule has 0 aromatic heterocycles. The topological polar surface area (TPSA) is 169 Å². The zero-order valence-electron chi connectivity index (χ0n) is 30.0. The van der Waals surface area contributed by atoms with Crippen LogP contribution in [0, 0.1) is 11.3 Å². The van der Waals surface area contributed by atoms with Crippen LogP contribution in [0.3, 0.4) is 0 Å². The number of carbonyl (C=O) groups is 4. The highest BCUT2D eigenvalue weighted by molar-refractivity contribution is 7.91. The van der Waals surface area contributed by atoms with Crippen molar-refractivity contribution in [3.05, 3.63) is 42.5 Å². The van der Waals surface area contributed by atoms with E-state index >= 15 is 0 Å². The van der Waals surface area contributed by atoms with Gasteiger partial charge in [-0.15, -0.1) is 6.58 Å². The number of amides is 4. The fourth-order valence-corrected chi connectivity index (χ4v) is 8.43. The van der Waals surface area contributed by atoms with Crippen molar-refractivity contribution in [2.24, 2.45) is 11.3 Å². The first kappa shape index (κ1) is 37.6. The lowest BCUT2D eigenvalue weighted by Gasteiger charge is -2.36. The van der Waals surface area contributed by atoms with Gasteiger partial charge in [-0.25, -0.2) is 13.2 Å². The Morgan fingerprint density at radius 2 is 1.66 bits per heavy atom. The molecule has 13 nitrogen and oxygen atoms in total. The molecule has 0 unspecified atom stereocenters. The van der Waals surface area contributed by atoms with E-state index in [1.807, 2.05) is 46.8 Å². The molecular weight excluding hydrogens is 664 g/mol. The van der Waals surface area contributed by atoms with Crippen molar-refractivity contribution in [2.45, 2.75) is 127 Å². The number of nitrogens with zero attached hydrogens (tertiary/aromatic N) is 1. The monoisotopic (exact) mass is 716 g/mol. The highest BCUT2D eigenvalue weighted by Gasteiger charge is 2.62. The minimum Gasteiger partial charge on any atom is -0.491 e. The van der Waals surface area contributed by atoms with Gasteiger partial charge < -0.3 is 29.7 Å². The first-order valence-corrected chi connectivity index (χ1v) is 19.1. The summed E-state index contributed by atoms with van der Waals surface area (Å²) in [5.74, 6) is -1.87. The average molecular weight is 717 g/mol. The number of alkyl carbamates (subject to hydrolysis) is 1. The van der Waals surface area contributed by atoms with Gasteiger partial charge in [0.1, 0.15) is 35.1 Å². The molecule has 3 N–H and O–H groups in total. The van der Waals surface area contributed by atoms with Crippen LogP contribution in [0.15, 0.2) is 36.9 Å². The molecule has 1 heterocycles. The summed E-state index contributed by atoms with van der Waals surface area (Å²) < 4.78 is 45.1. The number of benzene rings is 1. The summed E-state index contributed by atoms with van der Waals surface area (Å²) in [6.45, 7) is 13.0. The van der Waals surface area contributed by atoms with Crippen LogP contribution in [0.4, 0.5) is 4.79 Å². The number of rotatable bonds is 13. The Morgan fingerprint density at radius 3 is 2.18 bits per heavy atom. The number of hydrogen-bond donors (Lipinski definition) is 3. The van der Waals surface area contributed by atoms with Gasteiger partial charge in [0, 0.05) is 19.4 Å². The maximum absolute atomic E-state index is 14.6. The molecule has 3 saturated carbocycles. The summed E-state index contributed by atoms with van der Waals surface area (Å²) in [5.41, 5.74) is -2.78. The quantitative estimate of drug-likeness (QED) is 0.258. The van der Waals surface area contributed by atoms with E-state index in [-0.39, 0.29) is 31.6 Å². The normalized spacial score (nSPS) is 27.4. The molecule has 3 aliphatic carbocycles. The molecule has 4 aliphatic rings. The van der Waals surface area contributed by atoms with Crippen LogP contribution in [0.2, 0.25) is 0 Å². The van der Waals surface area contributed by atoms with Crippen molar-refractivity contribution < 1.29 is 41.8 Å². The lowest BCUT2D eigenvalue weighted by molar-refractivity contribution is -0.143. The van der Waals surface area contributed by atoms with Crippen molar-refractivity contribution in [1.29, 1.82) is 0 Å². The third-order valence-corrected chi connectivity index (χ3v) is 12.1. The van der Waals surface area contributed by atoms with Gasteiger partial charge in [-0.2, -0.15) is 0 Å². The van der Waals surface area contributed by atoms with Gasteiger partial charge >= 0.3 is 6.09 Å². The Hall–Kier alpha value is -3.65. The minimum atomic E-state index is -3.89. The van der Waals surface area contributed by atoms with E-state index < -0.39 is 73.6 Å². The van der Waals surface area contributed by atoms with E-state index in [0.29, 0.717) is 24.2 Å².